The molecule has 0 radical (unpaired) electrons. The number of ketones is 1. The van der Waals surface area contributed by atoms with E-state index in [4.69, 9.17) is 23.2 Å². The molecule has 5 nitrogen and oxygen atoms in total. The summed E-state index contributed by atoms with van der Waals surface area (Å²) in [6.07, 6.45) is -0.00254. The number of benzene rings is 2. The highest BCUT2D eigenvalue weighted by Crippen LogP contribution is 2.20. The van der Waals surface area contributed by atoms with E-state index in [1.54, 1.807) is 18.2 Å². The van der Waals surface area contributed by atoms with Crippen LogP contribution in [0.4, 0.5) is 0 Å². The Balaban J connectivity index is 1.85. The molecule has 2 aromatic rings. The minimum Gasteiger partial charge on any atom is -0.294 e. The Kier molecular flexibility index (Phi) is 6.77. The van der Waals surface area contributed by atoms with Crippen LogP contribution in [0.5, 0.6) is 0 Å². The maximum atomic E-state index is 12.2. The summed E-state index contributed by atoms with van der Waals surface area (Å²) in [5.74, 6) is -1.20. The number of carbonyl (C=O) groups excluding carboxylic acids is 3. The van der Waals surface area contributed by atoms with Crippen molar-refractivity contribution in [3.05, 3.63) is 68.7 Å². The van der Waals surface area contributed by atoms with E-state index < -0.39 is 11.8 Å². The lowest BCUT2D eigenvalue weighted by atomic mass is 10.0. The number of aryl methyl sites for hydroxylation is 2. The van der Waals surface area contributed by atoms with E-state index in [0.29, 0.717) is 10.6 Å². The van der Waals surface area contributed by atoms with Gasteiger partial charge >= 0.3 is 0 Å². The molecule has 0 saturated carbocycles. The average molecular weight is 393 g/mol. The SMILES string of the molecule is Cc1ccc(C(=O)CCC(=O)NNC(=O)c2cc(Cl)ccc2Cl)cc1C. The first-order chi connectivity index (χ1) is 12.3. The molecule has 26 heavy (non-hydrogen) atoms. The molecule has 7 heteroatoms. The molecule has 0 fully saturated rings. The Morgan fingerprint density at radius 2 is 1.62 bits per heavy atom. The van der Waals surface area contributed by atoms with Crippen molar-refractivity contribution in [3.63, 3.8) is 0 Å². The molecule has 0 aliphatic carbocycles. The largest absolute Gasteiger partial charge is 0.294 e. The van der Waals surface area contributed by atoms with Gasteiger partial charge in [-0.25, -0.2) is 0 Å². The summed E-state index contributed by atoms with van der Waals surface area (Å²) in [5.41, 5.74) is 7.34. The number of hydrogen-bond donors (Lipinski definition) is 2. The average Bonchev–Trinajstić information content (AvgIpc) is 2.61. The zero-order valence-corrected chi connectivity index (χ0v) is 15.9. The molecule has 0 bridgehead atoms. The Bertz CT molecular complexity index is 866. The Morgan fingerprint density at radius 3 is 2.31 bits per heavy atom. The molecule has 0 spiro atoms. The number of nitrogens with one attached hydrogen (secondary N) is 2. The van der Waals surface area contributed by atoms with E-state index >= 15 is 0 Å². The van der Waals surface area contributed by atoms with Gasteiger partial charge in [0, 0.05) is 23.4 Å². The third kappa shape index (κ3) is 5.31. The summed E-state index contributed by atoms with van der Waals surface area (Å²) < 4.78 is 0. The topological polar surface area (TPSA) is 75.3 Å². The van der Waals surface area contributed by atoms with Crippen LogP contribution in [-0.2, 0) is 4.79 Å². The van der Waals surface area contributed by atoms with Gasteiger partial charge in [0.05, 0.1) is 10.6 Å². The van der Waals surface area contributed by atoms with E-state index in [1.165, 1.54) is 12.1 Å². The minimum atomic E-state index is -0.591. The van der Waals surface area contributed by atoms with Gasteiger partial charge in [0.2, 0.25) is 5.91 Å². The molecular formula is C19H18Cl2N2O3. The second-order valence-electron chi connectivity index (χ2n) is 5.85. The first-order valence-corrected chi connectivity index (χ1v) is 8.68. The number of carbonyl (C=O) groups is 3. The highest BCUT2D eigenvalue weighted by atomic mass is 35.5. The number of hydrogen-bond acceptors (Lipinski definition) is 3. The standard InChI is InChI=1S/C19H18Cl2N2O3/c1-11-3-4-13(9-12(11)2)17(24)7-8-18(25)22-23-19(26)15-10-14(20)5-6-16(15)21/h3-6,9-10H,7-8H2,1-2H3,(H,22,25)(H,23,26). The quantitative estimate of drug-likeness (QED) is 0.595. The highest BCUT2D eigenvalue weighted by molar-refractivity contribution is 6.35. The van der Waals surface area contributed by atoms with Crippen LogP contribution < -0.4 is 10.9 Å². The van der Waals surface area contributed by atoms with Crippen molar-refractivity contribution in [1.29, 1.82) is 0 Å². The second kappa shape index (κ2) is 8.83. The third-order valence-corrected chi connectivity index (χ3v) is 4.46. The van der Waals surface area contributed by atoms with E-state index in [1.807, 2.05) is 19.9 Å². The summed E-state index contributed by atoms with van der Waals surface area (Å²) in [5, 5.41) is 0.566. The van der Waals surface area contributed by atoms with Crippen molar-refractivity contribution in [1.82, 2.24) is 10.9 Å². The van der Waals surface area contributed by atoms with Gasteiger partial charge in [-0.3, -0.25) is 25.2 Å². The predicted molar refractivity (Wildman–Crippen MR) is 102 cm³/mol. The molecule has 2 aromatic carbocycles. The first-order valence-electron chi connectivity index (χ1n) is 7.92. The van der Waals surface area contributed by atoms with Gasteiger partial charge in [-0.15, -0.1) is 0 Å². The van der Waals surface area contributed by atoms with Gasteiger partial charge < -0.3 is 0 Å². The lowest BCUT2D eigenvalue weighted by Gasteiger charge is -2.09. The number of rotatable bonds is 5. The fourth-order valence-electron chi connectivity index (χ4n) is 2.21. The molecule has 0 aromatic heterocycles. The fraction of sp³-hybridized carbons (Fsp3) is 0.211. The Hall–Kier alpha value is -2.37. The molecule has 0 unspecified atom stereocenters. The zero-order chi connectivity index (χ0) is 19.3. The van der Waals surface area contributed by atoms with E-state index in [2.05, 4.69) is 10.9 Å². The van der Waals surface area contributed by atoms with E-state index in [9.17, 15) is 14.4 Å². The van der Waals surface area contributed by atoms with Crippen molar-refractivity contribution in [2.45, 2.75) is 26.7 Å². The number of Topliss-reactive ketones (excluding diaryl/α,β-unsaturated/α-hetero) is 1. The predicted octanol–water partition coefficient (Wildman–Crippen LogP) is 4.03. The van der Waals surface area contributed by atoms with Gasteiger partial charge in [0.15, 0.2) is 5.78 Å². The molecule has 0 heterocycles. The molecule has 2 rings (SSSR count). The van der Waals surface area contributed by atoms with Crippen LogP contribution in [0.25, 0.3) is 0 Å². The second-order valence-corrected chi connectivity index (χ2v) is 6.69. The van der Waals surface area contributed by atoms with Crippen molar-refractivity contribution in [2.75, 3.05) is 0 Å². The van der Waals surface area contributed by atoms with Crippen LogP contribution in [0.15, 0.2) is 36.4 Å². The lowest BCUT2D eigenvalue weighted by Crippen LogP contribution is -2.41. The Morgan fingerprint density at radius 1 is 0.885 bits per heavy atom. The van der Waals surface area contributed by atoms with Crippen molar-refractivity contribution < 1.29 is 14.4 Å². The highest BCUT2D eigenvalue weighted by Gasteiger charge is 2.13. The fourth-order valence-corrected chi connectivity index (χ4v) is 2.59. The number of amides is 2. The summed E-state index contributed by atoms with van der Waals surface area (Å²) in [6.45, 7) is 3.89. The van der Waals surface area contributed by atoms with Crippen LogP contribution in [0, 0.1) is 13.8 Å². The van der Waals surface area contributed by atoms with Crippen LogP contribution in [0.2, 0.25) is 10.0 Å². The molecule has 0 aliphatic rings. The molecule has 136 valence electrons. The normalized spacial score (nSPS) is 10.3. The molecular weight excluding hydrogens is 375 g/mol. The maximum absolute atomic E-state index is 12.2. The van der Waals surface area contributed by atoms with Gasteiger partial charge in [0.1, 0.15) is 0 Å². The maximum Gasteiger partial charge on any atom is 0.271 e. The van der Waals surface area contributed by atoms with Crippen molar-refractivity contribution in [3.8, 4) is 0 Å². The monoisotopic (exact) mass is 392 g/mol. The number of halogens is 2. The van der Waals surface area contributed by atoms with Crippen LogP contribution in [0.1, 0.15) is 44.7 Å². The summed E-state index contributed by atoms with van der Waals surface area (Å²) in [6, 6.07) is 9.86. The zero-order valence-electron chi connectivity index (χ0n) is 14.4. The Labute approximate surface area is 161 Å². The summed E-state index contributed by atoms with van der Waals surface area (Å²) in [4.78, 5) is 36.0. The molecule has 0 aliphatic heterocycles. The van der Waals surface area contributed by atoms with Gasteiger partial charge in [-0.2, -0.15) is 0 Å². The molecule has 0 saturated heterocycles. The smallest absolute Gasteiger partial charge is 0.271 e. The molecule has 2 N–H and O–H groups in total. The van der Waals surface area contributed by atoms with E-state index in [-0.39, 0.29) is 29.2 Å². The number of hydrazine groups is 1. The summed E-state index contributed by atoms with van der Waals surface area (Å²) >= 11 is 11.7. The van der Waals surface area contributed by atoms with Crippen LogP contribution in [-0.4, -0.2) is 17.6 Å². The van der Waals surface area contributed by atoms with Gasteiger partial charge in [-0.1, -0.05) is 35.3 Å². The summed E-state index contributed by atoms with van der Waals surface area (Å²) in [7, 11) is 0. The first kappa shape index (κ1) is 19.9. The van der Waals surface area contributed by atoms with Crippen LogP contribution >= 0.6 is 23.2 Å². The van der Waals surface area contributed by atoms with E-state index in [0.717, 1.165) is 11.1 Å². The molecule has 2 amide bonds. The third-order valence-electron chi connectivity index (χ3n) is 3.90. The van der Waals surface area contributed by atoms with Crippen molar-refractivity contribution in [2.24, 2.45) is 0 Å². The minimum absolute atomic E-state index is 0.0438. The van der Waals surface area contributed by atoms with Crippen molar-refractivity contribution >= 4 is 40.8 Å². The molecule has 0 atom stereocenters. The van der Waals surface area contributed by atoms with Gasteiger partial charge in [0.25, 0.3) is 5.91 Å². The van der Waals surface area contributed by atoms with Crippen LogP contribution in [0.3, 0.4) is 0 Å². The lowest BCUT2D eigenvalue weighted by molar-refractivity contribution is -0.121. The van der Waals surface area contributed by atoms with Gasteiger partial charge in [-0.05, 0) is 49.2 Å².